The lowest BCUT2D eigenvalue weighted by Crippen LogP contribution is -2.59. The number of carboxylic acids is 1. The van der Waals surface area contributed by atoms with Crippen molar-refractivity contribution in [3.05, 3.63) is 47.5 Å². The second-order valence-corrected chi connectivity index (χ2v) is 10.9. The molecule has 1 fully saturated rings. The van der Waals surface area contributed by atoms with Crippen LogP contribution in [0.4, 0.5) is 0 Å². The maximum atomic E-state index is 13.7. The monoisotopic (exact) mass is 471 g/mol. The Morgan fingerprint density at radius 2 is 1.76 bits per heavy atom. The molecule has 34 heavy (non-hydrogen) atoms. The number of likely N-dealkylation sites (N-methyl/N-ethyl adjacent to an activating group) is 2. The van der Waals surface area contributed by atoms with E-state index in [1.165, 1.54) is 6.92 Å². The van der Waals surface area contributed by atoms with E-state index >= 15 is 0 Å². The number of hydrogen-bond acceptors (Lipinski definition) is 4. The number of nitrogens with one attached hydrogen (secondary N) is 1. The van der Waals surface area contributed by atoms with Crippen molar-refractivity contribution in [3.8, 4) is 0 Å². The molecule has 0 aromatic heterocycles. The quantitative estimate of drug-likeness (QED) is 0.566. The van der Waals surface area contributed by atoms with E-state index in [1.54, 1.807) is 18.0 Å². The molecule has 0 spiro atoms. The lowest BCUT2D eigenvalue weighted by molar-refractivity contribution is -0.141. The third-order valence-electron chi connectivity index (χ3n) is 6.78. The second kappa shape index (κ2) is 11.2. The summed E-state index contributed by atoms with van der Waals surface area (Å²) in [6, 6.07) is 8.51. The number of benzene rings is 1. The molecule has 1 aromatic rings. The Bertz CT molecular complexity index is 904. The van der Waals surface area contributed by atoms with Crippen LogP contribution in [0.2, 0.25) is 0 Å². The molecule has 4 atom stereocenters. The molecule has 1 saturated heterocycles. The van der Waals surface area contributed by atoms with E-state index in [0.29, 0.717) is 0 Å². The Hall–Kier alpha value is -2.67. The van der Waals surface area contributed by atoms with Crippen molar-refractivity contribution >= 4 is 17.8 Å². The molecule has 188 valence electrons. The van der Waals surface area contributed by atoms with Crippen molar-refractivity contribution in [1.82, 2.24) is 15.1 Å². The van der Waals surface area contributed by atoms with Crippen LogP contribution in [0, 0.1) is 11.3 Å². The highest BCUT2D eigenvalue weighted by atomic mass is 16.4. The maximum Gasteiger partial charge on any atom is 0.331 e. The highest BCUT2D eigenvalue weighted by Crippen LogP contribution is 2.33. The van der Waals surface area contributed by atoms with Crippen LogP contribution < -0.4 is 5.32 Å². The van der Waals surface area contributed by atoms with Gasteiger partial charge in [-0.25, -0.2) is 4.79 Å². The third kappa shape index (κ3) is 6.47. The molecule has 2 rings (SSSR count). The summed E-state index contributed by atoms with van der Waals surface area (Å²) in [5.41, 5.74) is 0.776. The first-order chi connectivity index (χ1) is 15.8. The van der Waals surface area contributed by atoms with Crippen LogP contribution in [0.25, 0.3) is 0 Å². The number of rotatable bonds is 8. The molecule has 1 aliphatic rings. The molecule has 0 aliphatic carbocycles. The van der Waals surface area contributed by atoms with Gasteiger partial charge in [-0.05, 0) is 43.8 Å². The standard InChI is InChI=1S/C27H41N3O4/c1-17(2)21(16-18(3)26(33)34)30(8)25(32)23(27(4,5)6)28-24(31)22-20(14-15-29(22)7)19-12-10-9-11-13-19/h9-13,16-17,20-23H,14-15H2,1-8H3,(H,28,31)(H,33,34)/b18-16+/t20-,21?,22+,23?/m1/s1. The molecule has 1 heterocycles. The molecule has 2 amide bonds. The number of hydrogen-bond donors (Lipinski definition) is 2. The summed E-state index contributed by atoms with van der Waals surface area (Å²) in [6.45, 7) is 12.0. The van der Waals surface area contributed by atoms with Gasteiger partial charge in [0, 0.05) is 18.5 Å². The molecule has 0 bridgehead atoms. The van der Waals surface area contributed by atoms with E-state index < -0.39 is 23.5 Å². The number of carbonyl (C=O) groups excluding carboxylic acids is 2. The van der Waals surface area contributed by atoms with Crippen LogP contribution >= 0.6 is 0 Å². The average molecular weight is 472 g/mol. The SMILES string of the molecule is C/C(=C\C(C(C)C)N(C)C(=O)C(NC(=O)[C@@H]1[C@@H](c2ccccc2)CCN1C)C(C)(C)C)C(=O)O. The lowest BCUT2D eigenvalue weighted by Gasteiger charge is -2.38. The molecular formula is C27H41N3O4. The number of carbonyl (C=O) groups is 3. The van der Waals surface area contributed by atoms with E-state index in [4.69, 9.17) is 0 Å². The van der Waals surface area contributed by atoms with E-state index in [9.17, 15) is 19.5 Å². The Balaban J connectivity index is 2.31. The Kier molecular flexibility index (Phi) is 9.06. The summed E-state index contributed by atoms with van der Waals surface area (Å²) in [5.74, 6) is -1.34. The van der Waals surface area contributed by atoms with Crippen LogP contribution in [0.15, 0.2) is 42.0 Å². The lowest BCUT2D eigenvalue weighted by atomic mass is 9.84. The Morgan fingerprint density at radius 1 is 1.18 bits per heavy atom. The van der Waals surface area contributed by atoms with Gasteiger partial charge in [0.15, 0.2) is 0 Å². The van der Waals surface area contributed by atoms with Crippen molar-refractivity contribution in [2.24, 2.45) is 11.3 Å². The normalized spacial score (nSPS) is 21.3. The van der Waals surface area contributed by atoms with Gasteiger partial charge in [-0.3, -0.25) is 14.5 Å². The predicted molar refractivity (Wildman–Crippen MR) is 134 cm³/mol. The topological polar surface area (TPSA) is 90.0 Å². The first kappa shape index (κ1) is 27.6. The van der Waals surface area contributed by atoms with Gasteiger partial charge in [-0.2, -0.15) is 0 Å². The van der Waals surface area contributed by atoms with E-state index in [0.717, 1.165) is 18.5 Å². The first-order valence-corrected chi connectivity index (χ1v) is 12.0. The minimum absolute atomic E-state index is 0.00277. The summed E-state index contributed by atoms with van der Waals surface area (Å²) >= 11 is 0. The molecule has 1 aliphatic heterocycles. The molecule has 0 saturated carbocycles. The zero-order chi connectivity index (χ0) is 25.8. The third-order valence-corrected chi connectivity index (χ3v) is 6.78. The average Bonchev–Trinajstić information content (AvgIpc) is 3.15. The molecule has 7 heteroatoms. The second-order valence-electron chi connectivity index (χ2n) is 10.9. The van der Waals surface area contributed by atoms with Crippen molar-refractivity contribution in [3.63, 3.8) is 0 Å². The number of carboxylic acid groups (broad SMARTS) is 1. The first-order valence-electron chi connectivity index (χ1n) is 12.0. The highest BCUT2D eigenvalue weighted by Gasteiger charge is 2.42. The van der Waals surface area contributed by atoms with Crippen LogP contribution in [0.1, 0.15) is 59.4 Å². The van der Waals surface area contributed by atoms with Gasteiger partial charge in [0.25, 0.3) is 0 Å². The van der Waals surface area contributed by atoms with Gasteiger partial charge < -0.3 is 15.3 Å². The fourth-order valence-electron chi connectivity index (χ4n) is 4.68. The van der Waals surface area contributed by atoms with Gasteiger partial charge in [-0.1, -0.05) is 71.0 Å². The fourth-order valence-corrected chi connectivity index (χ4v) is 4.68. The largest absolute Gasteiger partial charge is 0.478 e. The predicted octanol–water partition coefficient (Wildman–Crippen LogP) is 3.52. The van der Waals surface area contributed by atoms with Crippen molar-refractivity contribution in [2.45, 2.75) is 72.0 Å². The Labute approximate surface area is 204 Å². The maximum absolute atomic E-state index is 13.7. The molecular weight excluding hydrogens is 430 g/mol. The molecule has 1 aromatic carbocycles. The molecule has 7 nitrogen and oxygen atoms in total. The number of nitrogens with zero attached hydrogens (tertiary/aromatic N) is 2. The minimum Gasteiger partial charge on any atom is -0.478 e. The van der Waals surface area contributed by atoms with Crippen LogP contribution in [-0.2, 0) is 14.4 Å². The van der Waals surface area contributed by atoms with E-state index in [-0.39, 0.29) is 35.3 Å². The number of likely N-dealkylation sites (tertiary alicyclic amines) is 1. The zero-order valence-corrected chi connectivity index (χ0v) is 21.8. The van der Waals surface area contributed by atoms with Gasteiger partial charge in [-0.15, -0.1) is 0 Å². The number of amides is 2. The summed E-state index contributed by atoms with van der Waals surface area (Å²) in [4.78, 5) is 42.3. The summed E-state index contributed by atoms with van der Waals surface area (Å²) in [6.07, 6.45) is 2.49. The van der Waals surface area contributed by atoms with Crippen molar-refractivity contribution < 1.29 is 19.5 Å². The van der Waals surface area contributed by atoms with E-state index in [2.05, 4.69) is 22.3 Å². The van der Waals surface area contributed by atoms with Crippen LogP contribution in [0.3, 0.4) is 0 Å². The molecule has 0 radical (unpaired) electrons. The van der Waals surface area contributed by atoms with Crippen LogP contribution in [-0.4, -0.2) is 71.5 Å². The van der Waals surface area contributed by atoms with Gasteiger partial charge >= 0.3 is 5.97 Å². The molecule has 2 N–H and O–H groups in total. The fraction of sp³-hybridized carbons (Fsp3) is 0.593. The Morgan fingerprint density at radius 3 is 2.26 bits per heavy atom. The zero-order valence-electron chi connectivity index (χ0n) is 21.8. The smallest absolute Gasteiger partial charge is 0.331 e. The van der Waals surface area contributed by atoms with Crippen molar-refractivity contribution in [1.29, 1.82) is 0 Å². The van der Waals surface area contributed by atoms with Gasteiger partial charge in [0.1, 0.15) is 6.04 Å². The summed E-state index contributed by atoms with van der Waals surface area (Å²) < 4.78 is 0. The number of aliphatic carboxylic acids is 1. The van der Waals surface area contributed by atoms with Gasteiger partial charge in [0.05, 0.1) is 12.1 Å². The van der Waals surface area contributed by atoms with Gasteiger partial charge in [0.2, 0.25) is 11.8 Å². The van der Waals surface area contributed by atoms with E-state index in [1.807, 2.05) is 59.9 Å². The minimum atomic E-state index is -1.01. The highest BCUT2D eigenvalue weighted by molar-refractivity contribution is 5.91. The van der Waals surface area contributed by atoms with Crippen LogP contribution in [0.5, 0.6) is 0 Å². The summed E-state index contributed by atoms with van der Waals surface area (Å²) in [7, 11) is 3.62. The summed E-state index contributed by atoms with van der Waals surface area (Å²) in [5, 5.41) is 12.4. The van der Waals surface area contributed by atoms with Crippen molar-refractivity contribution in [2.75, 3.05) is 20.6 Å². The molecule has 2 unspecified atom stereocenters.